The van der Waals surface area contributed by atoms with Crippen LogP contribution in [0.4, 0.5) is 0 Å². The number of ether oxygens (including phenoxy) is 1. The smallest absolute Gasteiger partial charge is 0.338 e. The van der Waals surface area contributed by atoms with Gasteiger partial charge in [0.05, 0.1) is 12.7 Å². The molecule has 0 aromatic heterocycles. The fourth-order valence-corrected chi connectivity index (χ4v) is 2.68. The Morgan fingerprint density at radius 1 is 1.16 bits per heavy atom. The van der Waals surface area contributed by atoms with Crippen LogP contribution >= 0.6 is 23.4 Å². The third-order valence-electron chi connectivity index (χ3n) is 2.63. The summed E-state index contributed by atoms with van der Waals surface area (Å²) in [6, 6.07) is 15.1. The first kappa shape index (κ1) is 14.0. The molecule has 0 heterocycles. The third-order valence-corrected chi connectivity index (χ3v) is 3.94. The van der Waals surface area contributed by atoms with Crippen molar-refractivity contribution in [3.05, 3.63) is 64.7 Å². The van der Waals surface area contributed by atoms with Gasteiger partial charge < -0.3 is 4.74 Å². The van der Waals surface area contributed by atoms with E-state index < -0.39 is 0 Å². The largest absolute Gasteiger partial charge is 0.465 e. The quantitative estimate of drug-likeness (QED) is 0.616. The Bertz CT molecular complexity index is 567. The van der Waals surface area contributed by atoms with E-state index in [2.05, 4.69) is 0 Å². The number of carbonyl (C=O) groups is 1. The minimum absolute atomic E-state index is 0.299. The Kier molecular flexibility index (Phi) is 4.88. The van der Waals surface area contributed by atoms with Crippen molar-refractivity contribution in [3.63, 3.8) is 0 Å². The molecule has 0 spiro atoms. The van der Waals surface area contributed by atoms with Crippen molar-refractivity contribution in [3.8, 4) is 0 Å². The third kappa shape index (κ3) is 3.75. The maximum Gasteiger partial charge on any atom is 0.338 e. The Morgan fingerprint density at radius 3 is 2.53 bits per heavy atom. The summed E-state index contributed by atoms with van der Waals surface area (Å²) < 4.78 is 4.78. The zero-order valence-corrected chi connectivity index (χ0v) is 12.0. The summed E-state index contributed by atoms with van der Waals surface area (Å²) in [5.41, 5.74) is 1.58. The summed E-state index contributed by atoms with van der Waals surface area (Å²) in [6.07, 6.45) is 0. The van der Waals surface area contributed by atoms with Gasteiger partial charge >= 0.3 is 5.97 Å². The second-order valence-electron chi connectivity index (χ2n) is 3.89. The normalized spacial score (nSPS) is 10.2. The maximum absolute atomic E-state index is 11.6. The molecule has 0 aliphatic carbocycles. The van der Waals surface area contributed by atoms with Crippen molar-refractivity contribution >= 4 is 29.3 Å². The van der Waals surface area contributed by atoms with E-state index in [4.69, 9.17) is 16.3 Å². The second kappa shape index (κ2) is 6.64. The molecule has 2 aromatic carbocycles. The van der Waals surface area contributed by atoms with E-state index in [1.165, 1.54) is 7.11 Å². The van der Waals surface area contributed by atoms with Gasteiger partial charge in [-0.15, -0.1) is 11.8 Å². The van der Waals surface area contributed by atoms with Crippen molar-refractivity contribution in [2.75, 3.05) is 7.11 Å². The van der Waals surface area contributed by atoms with Crippen LogP contribution in [0.15, 0.2) is 53.4 Å². The van der Waals surface area contributed by atoms with Gasteiger partial charge in [0.25, 0.3) is 0 Å². The maximum atomic E-state index is 11.6. The molecule has 0 amide bonds. The topological polar surface area (TPSA) is 26.3 Å². The molecular formula is C15H13ClO2S. The average molecular weight is 293 g/mol. The van der Waals surface area contributed by atoms with Gasteiger partial charge in [-0.1, -0.05) is 29.8 Å². The van der Waals surface area contributed by atoms with Crippen LogP contribution < -0.4 is 0 Å². The van der Waals surface area contributed by atoms with E-state index in [1.54, 1.807) is 17.8 Å². The van der Waals surface area contributed by atoms with Crippen LogP contribution in [0.1, 0.15) is 15.9 Å². The van der Waals surface area contributed by atoms with E-state index in [1.807, 2.05) is 42.5 Å². The highest BCUT2D eigenvalue weighted by Crippen LogP contribution is 2.25. The molecule has 0 bridgehead atoms. The predicted molar refractivity (Wildman–Crippen MR) is 78.8 cm³/mol. The summed E-state index contributed by atoms with van der Waals surface area (Å²) in [6.45, 7) is 0. The zero-order chi connectivity index (χ0) is 13.7. The Hall–Kier alpha value is -1.45. The molecule has 0 saturated heterocycles. The van der Waals surface area contributed by atoms with Gasteiger partial charge in [0.2, 0.25) is 0 Å². The first-order chi connectivity index (χ1) is 9.20. The molecule has 2 nitrogen and oxygen atoms in total. The van der Waals surface area contributed by atoms with Crippen molar-refractivity contribution in [2.24, 2.45) is 0 Å². The van der Waals surface area contributed by atoms with Gasteiger partial charge in [0.1, 0.15) is 0 Å². The molecule has 0 atom stereocenters. The minimum Gasteiger partial charge on any atom is -0.465 e. The fourth-order valence-electron chi connectivity index (χ4n) is 1.65. The summed E-state index contributed by atoms with van der Waals surface area (Å²) in [5, 5.41) is 0.722. The van der Waals surface area contributed by atoms with Crippen LogP contribution in [0.3, 0.4) is 0 Å². The van der Waals surface area contributed by atoms with Crippen molar-refractivity contribution in [1.82, 2.24) is 0 Å². The number of thioether (sulfide) groups is 1. The highest BCUT2D eigenvalue weighted by atomic mass is 35.5. The van der Waals surface area contributed by atoms with Gasteiger partial charge in [-0.05, 0) is 35.9 Å². The van der Waals surface area contributed by atoms with Crippen molar-refractivity contribution in [1.29, 1.82) is 0 Å². The number of benzene rings is 2. The highest BCUT2D eigenvalue weighted by molar-refractivity contribution is 7.98. The van der Waals surface area contributed by atoms with Crippen molar-refractivity contribution < 1.29 is 9.53 Å². The number of hydrogen-bond donors (Lipinski definition) is 0. The molecule has 4 heteroatoms. The number of carbonyl (C=O) groups excluding carboxylic acids is 1. The summed E-state index contributed by atoms with van der Waals surface area (Å²) in [7, 11) is 1.39. The summed E-state index contributed by atoms with van der Waals surface area (Å²) in [4.78, 5) is 12.8. The number of hydrogen-bond acceptors (Lipinski definition) is 3. The standard InChI is InChI=1S/C15H13ClO2S/c1-18-15(17)14-5-3-2-4-11(14)10-19-13-8-6-12(16)7-9-13/h2-9H,10H2,1H3. The van der Waals surface area contributed by atoms with Gasteiger partial charge in [0, 0.05) is 15.7 Å². The fraction of sp³-hybridized carbons (Fsp3) is 0.133. The number of halogens is 1. The van der Waals surface area contributed by atoms with Gasteiger partial charge in [-0.3, -0.25) is 0 Å². The summed E-state index contributed by atoms with van der Waals surface area (Å²) in [5.74, 6) is 0.416. The van der Waals surface area contributed by atoms with E-state index >= 15 is 0 Å². The molecular weight excluding hydrogens is 280 g/mol. The van der Waals surface area contributed by atoms with E-state index in [0.29, 0.717) is 11.3 Å². The molecule has 98 valence electrons. The zero-order valence-electron chi connectivity index (χ0n) is 10.4. The van der Waals surface area contributed by atoms with Crippen LogP contribution in [0.2, 0.25) is 5.02 Å². The van der Waals surface area contributed by atoms with Gasteiger partial charge in [-0.25, -0.2) is 4.79 Å². The van der Waals surface area contributed by atoms with Gasteiger partial charge in [-0.2, -0.15) is 0 Å². The predicted octanol–water partition coefficient (Wildman–Crippen LogP) is 4.42. The first-order valence-corrected chi connectivity index (χ1v) is 7.11. The van der Waals surface area contributed by atoms with Crippen LogP contribution in [0.5, 0.6) is 0 Å². The number of esters is 1. The lowest BCUT2D eigenvalue weighted by Crippen LogP contribution is -2.04. The SMILES string of the molecule is COC(=O)c1ccccc1CSc1ccc(Cl)cc1. The molecule has 0 fully saturated rings. The molecule has 19 heavy (non-hydrogen) atoms. The van der Waals surface area contributed by atoms with Gasteiger partial charge in [0.15, 0.2) is 0 Å². The molecule has 0 unspecified atom stereocenters. The van der Waals surface area contributed by atoms with Crippen LogP contribution in [-0.2, 0) is 10.5 Å². The Balaban J connectivity index is 2.11. The Labute approximate surface area is 121 Å². The molecule has 2 rings (SSSR count). The van der Waals surface area contributed by atoms with E-state index in [0.717, 1.165) is 15.5 Å². The minimum atomic E-state index is -0.299. The summed E-state index contributed by atoms with van der Waals surface area (Å²) >= 11 is 7.50. The number of rotatable bonds is 4. The van der Waals surface area contributed by atoms with Crippen molar-refractivity contribution in [2.45, 2.75) is 10.6 Å². The average Bonchev–Trinajstić information content (AvgIpc) is 2.46. The Morgan fingerprint density at radius 2 is 1.84 bits per heavy atom. The molecule has 0 saturated carbocycles. The highest BCUT2D eigenvalue weighted by Gasteiger charge is 2.10. The lowest BCUT2D eigenvalue weighted by atomic mass is 10.1. The molecule has 0 aliphatic rings. The molecule has 0 N–H and O–H groups in total. The van der Waals surface area contributed by atoms with E-state index in [-0.39, 0.29) is 5.97 Å². The molecule has 0 aliphatic heterocycles. The van der Waals surface area contributed by atoms with E-state index in [9.17, 15) is 4.79 Å². The van der Waals surface area contributed by atoms with Crippen LogP contribution in [-0.4, -0.2) is 13.1 Å². The molecule has 0 radical (unpaired) electrons. The number of methoxy groups -OCH3 is 1. The lowest BCUT2D eigenvalue weighted by molar-refractivity contribution is 0.0600. The monoisotopic (exact) mass is 292 g/mol. The lowest BCUT2D eigenvalue weighted by Gasteiger charge is -2.07. The first-order valence-electron chi connectivity index (χ1n) is 5.75. The van der Waals surface area contributed by atoms with Crippen LogP contribution in [0.25, 0.3) is 0 Å². The second-order valence-corrected chi connectivity index (χ2v) is 5.38. The van der Waals surface area contributed by atoms with Crippen LogP contribution in [0, 0.1) is 0 Å². The molecule has 2 aromatic rings.